The molecule has 1 saturated carbocycles. The van der Waals surface area contributed by atoms with Gasteiger partial charge in [-0.05, 0) is 36.8 Å². The largest absolute Gasteiger partial charge is 0.481 e. The minimum absolute atomic E-state index is 0.167. The summed E-state index contributed by atoms with van der Waals surface area (Å²) in [4.78, 5) is 11.4. The molecule has 0 amide bonds. The number of hydrogen-bond acceptors (Lipinski definition) is 4. The number of benzene rings is 1. The summed E-state index contributed by atoms with van der Waals surface area (Å²) in [6, 6.07) is 6.16. The SMILES string of the molecule is CSC(C)CNS(=O)(=O)c1ccc(C2(C(=O)O)CC2)cc1. The van der Waals surface area contributed by atoms with E-state index < -0.39 is 21.4 Å². The normalized spacial score (nSPS) is 18.2. The van der Waals surface area contributed by atoms with E-state index in [0.29, 0.717) is 24.9 Å². The topological polar surface area (TPSA) is 83.5 Å². The lowest BCUT2D eigenvalue weighted by atomic mass is 9.96. The first kappa shape index (κ1) is 16.3. The lowest BCUT2D eigenvalue weighted by molar-refractivity contribution is -0.140. The van der Waals surface area contributed by atoms with Gasteiger partial charge in [-0.2, -0.15) is 11.8 Å². The molecule has 0 spiro atoms. The molecule has 1 fully saturated rings. The number of rotatable bonds is 7. The van der Waals surface area contributed by atoms with Crippen molar-refractivity contribution in [3.8, 4) is 0 Å². The lowest BCUT2D eigenvalue weighted by Crippen LogP contribution is -2.29. The molecule has 0 saturated heterocycles. The fraction of sp³-hybridized carbons (Fsp3) is 0.500. The molecule has 0 bridgehead atoms. The standard InChI is InChI=1S/C14H19NO4S2/c1-10(20-2)9-15-21(18,19)12-5-3-11(4-6-12)14(7-8-14)13(16)17/h3-6,10,15H,7-9H2,1-2H3,(H,16,17). The van der Waals surface area contributed by atoms with Crippen molar-refractivity contribution >= 4 is 27.8 Å². The van der Waals surface area contributed by atoms with Gasteiger partial charge in [0.1, 0.15) is 0 Å². The van der Waals surface area contributed by atoms with Crippen LogP contribution in [0.1, 0.15) is 25.3 Å². The maximum atomic E-state index is 12.1. The van der Waals surface area contributed by atoms with Crippen LogP contribution in [0.15, 0.2) is 29.2 Å². The summed E-state index contributed by atoms with van der Waals surface area (Å²) >= 11 is 1.59. The third-order valence-corrected chi connectivity index (χ3v) is 6.25. The van der Waals surface area contributed by atoms with Crippen LogP contribution in [0.3, 0.4) is 0 Å². The Balaban J connectivity index is 2.14. The molecule has 2 N–H and O–H groups in total. The Morgan fingerprint density at radius 3 is 2.38 bits per heavy atom. The molecule has 0 aliphatic heterocycles. The highest BCUT2D eigenvalue weighted by Crippen LogP contribution is 2.48. The molecule has 0 radical (unpaired) electrons. The van der Waals surface area contributed by atoms with E-state index in [0.717, 1.165) is 0 Å². The molecular weight excluding hydrogens is 310 g/mol. The fourth-order valence-electron chi connectivity index (χ4n) is 2.10. The van der Waals surface area contributed by atoms with Crippen molar-refractivity contribution in [2.75, 3.05) is 12.8 Å². The van der Waals surface area contributed by atoms with Crippen LogP contribution in [0.5, 0.6) is 0 Å². The number of carbonyl (C=O) groups is 1. The smallest absolute Gasteiger partial charge is 0.314 e. The van der Waals surface area contributed by atoms with E-state index in [4.69, 9.17) is 0 Å². The van der Waals surface area contributed by atoms with Gasteiger partial charge in [-0.1, -0.05) is 19.1 Å². The number of carboxylic acids is 1. The zero-order valence-corrected chi connectivity index (χ0v) is 13.6. The van der Waals surface area contributed by atoms with Crippen molar-refractivity contribution in [1.29, 1.82) is 0 Å². The molecule has 0 aromatic heterocycles. The van der Waals surface area contributed by atoms with Crippen molar-refractivity contribution in [3.63, 3.8) is 0 Å². The van der Waals surface area contributed by atoms with Crippen molar-refractivity contribution in [1.82, 2.24) is 4.72 Å². The zero-order valence-electron chi connectivity index (χ0n) is 12.0. The summed E-state index contributed by atoms with van der Waals surface area (Å²) in [7, 11) is -3.54. The number of carboxylic acid groups (broad SMARTS) is 1. The van der Waals surface area contributed by atoms with Crippen LogP contribution >= 0.6 is 11.8 Å². The highest BCUT2D eigenvalue weighted by atomic mass is 32.2. The maximum absolute atomic E-state index is 12.1. The molecule has 21 heavy (non-hydrogen) atoms. The Labute approximate surface area is 129 Å². The molecule has 1 aliphatic carbocycles. The Kier molecular flexibility index (Phi) is 4.65. The van der Waals surface area contributed by atoms with Crippen LogP contribution in [0, 0.1) is 0 Å². The number of nitrogens with one attached hydrogen (secondary N) is 1. The van der Waals surface area contributed by atoms with Gasteiger partial charge in [0.25, 0.3) is 0 Å². The molecule has 2 rings (SSSR count). The predicted molar refractivity (Wildman–Crippen MR) is 83.2 cm³/mol. The van der Waals surface area contributed by atoms with E-state index in [1.165, 1.54) is 12.1 Å². The minimum Gasteiger partial charge on any atom is -0.481 e. The first-order valence-electron chi connectivity index (χ1n) is 6.68. The average Bonchev–Trinajstić information content (AvgIpc) is 3.26. The van der Waals surface area contributed by atoms with Gasteiger partial charge < -0.3 is 5.11 Å². The van der Waals surface area contributed by atoms with Crippen LogP contribution in [0.25, 0.3) is 0 Å². The summed E-state index contributed by atoms with van der Waals surface area (Å²) in [6.07, 6.45) is 3.14. The van der Waals surface area contributed by atoms with E-state index in [9.17, 15) is 18.3 Å². The number of aliphatic carboxylic acids is 1. The van der Waals surface area contributed by atoms with E-state index in [1.54, 1.807) is 23.9 Å². The molecule has 0 heterocycles. The fourth-order valence-corrected chi connectivity index (χ4v) is 3.58. The molecule has 1 unspecified atom stereocenters. The monoisotopic (exact) mass is 329 g/mol. The minimum atomic E-state index is -3.54. The number of sulfonamides is 1. The van der Waals surface area contributed by atoms with Crippen LogP contribution in [-0.2, 0) is 20.2 Å². The first-order valence-corrected chi connectivity index (χ1v) is 9.45. The van der Waals surface area contributed by atoms with Crippen molar-refractivity contribution in [2.45, 2.75) is 35.3 Å². The lowest BCUT2D eigenvalue weighted by Gasteiger charge is -2.13. The second kappa shape index (κ2) is 5.98. The van der Waals surface area contributed by atoms with E-state index in [2.05, 4.69) is 4.72 Å². The summed E-state index contributed by atoms with van der Waals surface area (Å²) in [6.45, 7) is 2.31. The number of hydrogen-bond donors (Lipinski definition) is 2. The Morgan fingerprint density at radius 1 is 1.38 bits per heavy atom. The molecule has 5 nitrogen and oxygen atoms in total. The average molecular weight is 329 g/mol. The van der Waals surface area contributed by atoms with Crippen LogP contribution in [0.4, 0.5) is 0 Å². The molecule has 116 valence electrons. The third-order valence-electron chi connectivity index (χ3n) is 3.84. The first-order chi connectivity index (χ1) is 9.82. The Hall–Kier alpha value is -1.05. The highest BCUT2D eigenvalue weighted by molar-refractivity contribution is 7.99. The van der Waals surface area contributed by atoms with E-state index >= 15 is 0 Å². The molecule has 1 atom stereocenters. The third kappa shape index (κ3) is 3.41. The van der Waals surface area contributed by atoms with Gasteiger partial charge in [-0.25, -0.2) is 13.1 Å². The van der Waals surface area contributed by atoms with Gasteiger partial charge in [-0.3, -0.25) is 4.79 Å². The van der Waals surface area contributed by atoms with Crippen LogP contribution in [0.2, 0.25) is 0 Å². The molecular formula is C14H19NO4S2. The van der Waals surface area contributed by atoms with Gasteiger partial charge in [0.15, 0.2) is 0 Å². The predicted octanol–water partition coefficient (Wildman–Crippen LogP) is 1.83. The van der Waals surface area contributed by atoms with E-state index in [-0.39, 0.29) is 10.1 Å². The van der Waals surface area contributed by atoms with Gasteiger partial charge in [0.2, 0.25) is 10.0 Å². The summed E-state index contributed by atoms with van der Waals surface area (Å²) in [5, 5.41) is 9.42. The van der Waals surface area contributed by atoms with Gasteiger partial charge in [0, 0.05) is 11.8 Å². The molecule has 1 aromatic carbocycles. The molecule has 7 heteroatoms. The van der Waals surface area contributed by atoms with Gasteiger partial charge in [-0.15, -0.1) is 0 Å². The van der Waals surface area contributed by atoms with Gasteiger partial charge in [0.05, 0.1) is 10.3 Å². The van der Waals surface area contributed by atoms with Gasteiger partial charge >= 0.3 is 5.97 Å². The summed E-state index contributed by atoms with van der Waals surface area (Å²) in [5.74, 6) is -0.843. The maximum Gasteiger partial charge on any atom is 0.314 e. The van der Waals surface area contributed by atoms with Crippen molar-refractivity contribution in [2.24, 2.45) is 0 Å². The molecule has 1 aromatic rings. The van der Waals surface area contributed by atoms with Crippen LogP contribution < -0.4 is 4.72 Å². The zero-order chi connectivity index (χ0) is 15.7. The summed E-state index contributed by atoms with van der Waals surface area (Å²) in [5.41, 5.74) is -0.130. The van der Waals surface area contributed by atoms with E-state index in [1.807, 2.05) is 13.2 Å². The number of thioether (sulfide) groups is 1. The second-order valence-corrected chi connectivity index (χ2v) is 8.35. The second-order valence-electron chi connectivity index (χ2n) is 5.31. The highest BCUT2D eigenvalue weighted by Gasteiger charge is 2.51. The van der Waals surface area contributed by atoms with Crippen molar-refractivity contribution < 1.29 is 18.3 Å². The van der Waals surface area contributed by atoms with Crippen molar-refractivity contribution in [3.05, 3.63) is 29.8 Å². The molecule has 1 aliphatic rings. The summed E-state index contributed by atoms with van der Waals surface area (Å²) < 4.78 is 26.8. The Bertz CT molecular complexity index is 621. The van der Waals surface area contributed by atoms with Crippen LogP contribution in [-0.4, -0.2) is 37.5 Å². The quantitative estimate of drug-likeness (QED) is 0.797. The Morgan fingerprint density at radius 2 is 1.95 bits per heavy atom.